The number of ether oxygens (including phenoxy) is 2. The summed E-state index contributed by atoms with van der Waals surface area (Å²) in [6.45, 7) is 5.70. The van der Waals surface area contributed by atoms with Crippen LogP contribution in [0, 0.1) is 0 Å². The van der Waals surface area contributed by atoms with E-state index in [4.69, 9.17) is 9.47 Å². The van der Waals surface area contributed by atoms with E-state index in [-0.39, 0.29) is 5.91 Å². The summed E-state index contributed by atoms with van der Waals surface area (Å²) in [5.74, 6) is 1.26. The Kier molecular flexibility index (Phi) is 4.44. The van der Waals surface area contributed by atoms with Gasteiger partial charge in [-0.2, -0.15) is 0 Å². The normalized spacial score (nSPS) is 14.3. The molecule has 0 aromatic heterocycles. The van der Waals surface area contributed by atoms with E-state index in [1.54, 1.807) is 31.4 Å². The molecular formula is C15H19NO3. The van der Waals surface area contributed by atoms with Gasteiger partial charge in [0.1, 0.15) is 6.61 Å². The van der Waals surface area contributed by atoms with Gasteiger partial charge in [0.05, 0.1) is 7.11 Å². The van der Waals surface area contributed by atoms with Crippen LogP contribution in [0.25, 0.3) is 0 Å². The lowest BCUT2D eigenvalue weighted by Crippen LogP contribution is -2.27. The number of likely N-dealkylation sites (tertiary alicyclic amines) is 1. The van der Waals surface area contributed by atoms with Crippen molar-refractivity contribution in [2.45, 2.75) is 12.8 Å². The largest absolute Gasteiger partial charge is 0.493 e. The summed E-state index contributed by atoms with van der Waals surface area (Å²) in [5.41, 5.74) is 0.643. The van der Waals surface area contributed by atoms with Crippen LogP contribution in [0.3, 0.4) is 0 Å². The molecule has 102 valence electrons. The van der Waals surface area contributed by atoms with E-state index in [0.717, 1.165) is 25.9 Å². The van der Waals surface area contributed by atoms with E-state index >= 15 is 0 Å². The summed E-state index contributed by atoms with van der Waals surface area (Å²) in [6.07, 6.45) is 3.84. The minimum atomic E-state index is 0.0612. The van der Waals surface area contributed by atoms with E-state index < -0.39 is 0 Å². The van der Waals surface area contributed by atoms with Crippen molar-refractivity contribution in [2.75, 3.05) is 26.8 Å². The monoisotopic (exact) mass is 261 g/mol. The Bertz CT molecular complexity index is 464. The van der Waals surface area contributed by atoms with Gasteiger partial charge in [-0.15, -0.1) is 0 Å². The highest BCUT2D eigenvalue weighted by molar-refractivity contribution is 5.95. The predicted octanol–water partition coefficient (Wildman–Crippen LogP) is 2.50. The first-order valence-corrected chi connectivity index (χ1v) is 6.47. The van der Waals surface area contributed by atoms with Crippen LogP contribution in [0.4, 0.5) is 0 Å². The Labute approximate surface area is 113 Å². The van der Waals surface area contributed by atoms with Gasteiger partial charge in [-0.25, -0.2) is 0 Å². The third kappa shape index (κ3) is 3.08. The SMILES string of the molecule is C=CCOc1ccc(C(=O)N2CCCC2)cc1OC. The van der Waals surface area contributed by atoms with E-state index in [0.29, 0.717) is 23.7 Å². The fourth-order valence-corrected chi connectivity index (χ4v) is 2.17. The number of amides is 1. The number of methoxy groups -OCH3 is 1. The quantitative estimate of drug-likeness (QED) is 0.764. The molecule has 4 nitrogen and oxygen atoms in total. The van der Waals surface area contributed by atoms with E-state index in [2.05, 4.69) is 6.58 Å². The molecule has 0 radical (unpaired) electrons. The summed E-state index contributed by atoms with van der Waals surface area (Å²) < 4.78 is 10.7. The molecule has 1 amide bonds. The zero-order valence-corrected chi connectivity index (χ0v) is 11.2. The van der Waals surface area contributed by atoms with Crippen molar-refractivity contribution in [2.24, 2.45) is 0 Å². The molecule has 0 bridgehead atoms. The zero-order valence-electron chi connectivity index (χ0n) is 11.2. The van der Waals surface area contributed by atoms with Crippen LogP contribution < -0.4 is 9.47 Å². The maximum absolute atomic E-state index is 12.3. The van der Waals surface area contributed by atoms with E-state index in [1.807, 2.05) is 4.90 Å². The lowest BCUT2D eigenvalue weighted by Gasteiger charge is -2.16. The second kappa shape index (κ2) is 6.27. The smallest absolute Gasteiger partial charge is 0.253 e. The van der Waals surface area contributed by atoms with Gasteiger partial charge in [0.2, 0.25) is 0 Å². The molecule has 1 saturated heterocycles. The third-order valence-corrected chi connectivity index (χ3v) is 3.16. The second-order valence-electron chi connectivity index (χ2n) is 4.46. The van der Waals surface area contributed by atoms with Crippen molar-refractivity contribution in [1.82, 2.24) is 4.90 Å². The van der Waals surface area contributed by atoms with E-state index in [1.165, 1.54) is 0 Å². The molecule has 1 fully saturated rings. The van der Waals surface area contributed by atoms with Gasteiger partial charge in [0.25, 0.3) is 5.91 Å². The van der Waals surface area contributed by atoms with Crippen molar-refractivity contribution in [3.63, 3.8) is 0 Å². The van der Waals surface area contributed by atoms with Crippen molar-refractivity contribution in [3.8, 4) is 11.5 Å². The summed E-state index contributed by atoms with van der Waals surface area (Å²) >= 11 is 0. The van der Waals surface area contributed by atoms with Crippen LogP contribution in [0.5, 0.6) is 11.5 Å². The number of nitrogens with zero attached hydrogens (tertiary/aromatic N) is 1. The molecule has 1 aliphatic heterocycles. The van der Waals surface area contributed by atoms with Crippen LogP contribution in [-0.2, 0) is 0 Å². The van der Waals surface area contributed by atoms with Crippen molar-refractivity contribution in [3.05, 3.63) is 36.4 Å². The number of carbonyl (C=O) groups excluding carboxylic acids is 1. The molecular weight excluding hydrogens is 242 g/mol. The van der Waals surface area contributed by atoms with Gasteiger partial charge in [-0.3, -0.25) is 4.79 Å². The van der Waals surface area contributed by atoms with Gasteiger partial charge >= 0.3 is 0 Å². The molecule has 2 rings (SSSR count). The summed E-state index contributed by atoms with van der Waals surface area (Å²) in [6, 6.07) is 5.28. The highest BCUT2D eigenvalue weighted by atomic mass is 16.5. The second-order valence-corrected chi connectivity index (χ2v) is 4.46. The molecule has 0 saturated carbocycles. The van der Waals surface area contributed by atoms with Crippen molar-refractivity contribution >= 4 is 5.91 Å². The Morgan fingerprint density at radius 1 is 1.37 bits per heavy atom. The van der Waals surface area contributed by atoms with Gasteiger partial charge in [-0.1, -0.05) is 12.7 Å². The summed E-state index contributed by atoms with van der Waals surface area (Å²) in [7, 11) is 1.57. The molecule has 1 aliphatic rings. The van der Waals surface area contributed by atoms with Gasteiger partial charge in [0.15, 0.2) is 11.5 Å². The molecule has 0 atom stereocenters. The molecule has 0 spiro atoms. The Hall–Kier alpha value is -1.97. The first-order valence-electron chi connectivity index (χ1n) is 6.47. The van der Waals surface area contributed by atoms with Crippen LogP contribution in [-0.4, -0.2) is 37.6 Å². The highest BCUT2D eigenvalue weighted by Crippen LogP contribution is 2.29. The standard InChI is InChI=1S/C15H19NO3/c1-3-10-19-13-7-6-12(11-14(13)18-2)15(17)16-8-4-5-9-16/h3,6-7,11H,1,4-5,8-10H2,2H3. The van der Waals surface area contributed by atoms with Crippen LogP contribution in [0.2, 0.25) is 0 Å². The molecule has 0 aliphatic carbocycles. The molecule has 4 heteroatoms. The minimum Gasteiger partial charge on any atom is -0.493 e. The average Bonchev–Trinajstić information content (AvgIpc) is 2.98. The maximum Gasteiger partial charge on any atom is 0.253 e. The predicted molar refractivity (Wildman–Crippen MR) is 73.8 cm³/mol. The lowest BCUT2D eigenvalue weighted by molar-refractivity contribution is 0.0792. The Morgan fingerprint density at radius 3 is 2.74 bits per heavy atom. The fraction of sp³-hybridized carbons (Fsp3) is 0.400. The number of rotatable bonds is 5. The number of carbonyl (C=O) groups is 1. The molecule has 0 unspecified atom stereocenters. The molecule has 19 heavy (non-hydrogen) atoms. The lowest BCUT2D eigenvalue weighted by atomic mass is 10.1. The number of hydrogen-bond acceptors (Lipinski definition) is 3. The van der Waals surface area contributed by atoms with Gasteiger partial charge in [-0.05, 0) is 31.0 Å². The zero-order chi connectivity index (χ0) is 13.7. The summed E-state index contributed by atoms with van der Waals surface area (Å²) in [4.78, 5) is 14.1. The average molecular weight is 261 g/mol. The van der Waals surface area contributed by atoms with Crippen molar-refractivity contribution < 1.29 is 14.3 Å². The maximum atomic E-state index is 12.3. The Balaban J connectivity index is 2.17. The number of benzene rings is 1. The van der Waals surface area contributed by atoms with Crippen LogP contribution >= 0.6 is 0 Å². The number of hydrogen-bond donors (Lipinski definition) is 0. The molecule has 1 aromatic rings. The van der Waals surface area contributed by atoms with Crippen LogP contribution in [0.15, 0.2) is 30.9 Å². The molecule has 1 aromatic carbocycles. The van der Waals surface area contributed by atoms with Crippen molar-refractivity contribution in [1.29, 1.82) is 0 Å². The van der Waals surface area contributed by atoms with Gasteiger partial charge in [0, 0.05) is 18.7 Å². The first-order chi connectivity index (χ1) is 9.26. The van der Waals surface area contributed by atoms with Crippen LogP contribution in [0.1, 0.15) is 23.2 Å². The molecule has 0 N–H and O–H groups in total. The van der Waals surface area contributed by atoms with E-state index in [9.17, 15) is 4.79 Å². The fourth-order valence-electron chi connectivity index (χ4n) is 2.17. The molecule has 1 heterocycles. The minimum absolute atomic E-state index is 0.0612. The third-order valence-electron chi connectivity index (χ3n) is 3.16. The topological polar surface area (TPSA) is 38.8 Å². The first kappa shape index (κ1) is 13.5. The van der Waals surface area contributed by atoms with Gasteiger partial charge < -0.3 is 14.4 Å². The highest BCUT2D eigenvalue weighted by Gasteiger charge is 2.20. The Morgan fingerprint density at radius 2 is 2.11 bits per heavy atom. The summed E-state index contributed by atoms with van der Waals surface area (Å²) in [5, 5.41) is 0.